The normalized spacial score (nSPS) is 47.8. The Morgan fingerprint density at radius 3 is 3.23 bits per heavy atom. The summed E-state index contributed by atoms with van der Waals surface area (Å²) in [4.78, 5) is 13.9. The monoisotopic (exact) mass is 245 g/mol. The fourth-order valence-electron chi connectivity index (χ4n) is 3.04. The molecule has 1 saturated carbocycles. The number of amides is 1. The van der Waals surface area contributed by atoms with Crippen LogP contribution >= 0.6 is 15.9 Å². The highest BCUT2D eigenvalue weighted by atomic mass is 79.9. The molecule has 0 N–H and O–H groups in total. The third-order valence-electron chi connectivity index (χ3n) is 3.63. The fraction of sp³-hybridized carbons (Fsp3) is 0.889. The zero-order chi connectivity index (χ0) is 9.05. The summed E-state index contributed by atoms with van der Waals surface area (Å²) in [6, 6.07) is 0. The molecular formula is C9H12BrNO2. The molecule has 0 unspecified atom stereocenters. The van der Waals surface area contributed by atoms with E-state index in [-0.39, 0.29) is 17.7 Å². The summed E-state index contributed by atoms with van der Waals surface area (Å²) in [6.45, 7) is 0.894. The van der Waals surface area contributed by atoms with Gasteiger partial charge in [-0.2, -0.15) is 0 Å². The van der Waals surface area contributed by atoms with Crippen LogP contribution in [0.5, 0.6) is 0 Å². The summed E-state index contributed by atoms with van der Waals surface area (Å²) in [7, 11) is 0. The molecule has 4 heteroatoms. The van der Waals surface area contributed by atoms with Gasteiger partial charge in [0.1, 0.15) is 6.10 Å². The molecular weight excluding hydrogens is 234 g/mol. The smallest absolute Gasteiger partial charge is 0.410 e. The molecule has 2 heterocycles. The van der Waals surface area contributed by atoms with E-state index >= 15 is 0 Å². The SMILES string of the molecule is O=C1O[C@H]2C[C@]3(CCCN13)C[C@@H]2Br. The van der Waals surface area contributed by atoms with Crippen LogP contribution in [0.4, 0.5) is 4.79 Å². The lowest BCUT2D eigenvalue weighted by Crippen LogP contribution is -2.50. The number of hydrogen-bond donors (Lipinski definition) is 0. The molecule has 2 bridgehead atoms. The lowest BCUT2D eigenvalue weighted by molar-refractivity contribution is 0.0114. The minimum Gasteiger partial charge on any atom is -0.445 e. The minimum atomic E-state index is -0.0873. The summed E-state index contributed by atoms with van der Waals surface area (Å²) >= 11 is 3.60. The number of nitrogens with zero attached hydrogens (tertiary/aromatic N) is 1. The maximum absolute atomic E-state index is 11.6. The Morgan fingerprint density at radius 1 is 1.54 bits per heavy atom. The van der Waals surface area contributed by atoms with Crippen molar-refractivity contribution in [2.75, 3.05) is 6.54 Å². The van der Waals surface area contributed by atoms with Crippen LogP contribution in [0.25, 0.3) is 0 Å². The van der Waals surface area contributed by atoms with Crippen molar-refractivity contribution in [2.45, 2.75) is 42.2 Å². The van der Waals surface area contributed by atoms with Gasteiger partial charge in [-0.05, 0) is 19.3 Å². The van der Waals surface area contributed by atoms with E-state index in [9.17, 15) is 4.79 Å². The van der Waals surface area contributed by atoms with Crippen molar-refractivity contribution in [1.29, 1.82) is 0 Å². The van der Waals surface area contributed by atoms with E-state index in [1.54, 1.807) is 0 Å². The van der Waals surface area contributed by atoms with Gasteiger partial charge in [-0.15, -0.1) is 0 Å². The fourth-order valence-corrected chi connectivity index (χ4v) is 3.93. The van der Waals surface area contributed by atoms with Crippen LogP contribution in [0, 0.1) is 0 Å². The Hall–Kier alpha value is -0.250. The first kappa shape index (κ1) is 8.09. The lowest BCUT2D eigenvalue weighted by atomic mass is 9.94. The highest BCUT2D eigenvalue weighted by molar-refractivity contribution is 9.09. The number of fused-ring (bicyclic) bond motifs is 1. The van der Waals surface area contributed by atoms with Crippen LogP contribution in [0.2, 0.25) is 0 Å². The Labute approximate surface area is 85.5 Å². The van der Waals surface area contributed by atoms with Crippen molar-refractivity contribution in [2.24, 2.45) is 0 Å². The van der Waals surface area contributed by atoms with E-state index in [4.69, 9.17) is 4.74 Å². The molecule has 3 fully saturated rings. The standard InChI is InChI=1S/C9H12BrNO2/c10-6-4-9-2-1-3-11(9)8(12)13-7(6)5-9/h6-7H,1-5H2/t6-,7-,9-/m0/s1. The van der Waals surface area contributed by atoms with Crippen LogP contribution in [0.15, 0.2) is 0 Å². The summed E-state index contributed by atoms with van der Waals surface area (Å²) in [5, 5.41) is 0. The molecule has 72 valence electrons. The first-order valence-electron chi connectivity index (χ1n) is 4.84. The molecule has 3 rings (SSSR count). The van der Waals surface area contributed by atoms with Gasteiger partial charge in [0.05, 0.1) is 10.4 Å². The van der Waals surface area contributed by atoms with E-state index < -0.39 is 0 Å². The Bertz CT molecular complexity index is 266. The molecule has 2 saturated heterocycles. The Morgan fingerprint density at radius 2 is 2.38 bits per heavy atom. The van der Waals surface area contributed by atoms with Gasteiger partial charge in [0.25, 0.3) is 0 Å². The van der Waals surface area contributed by atoms with E-state index in [0.29, 0.717) is 4.83 Å². The first-order chi connectivity index (χ1) is 6.21. The summed E-state index contributed by atoms with van der Waals surface area (Å²) in [5.41, 5.74) is 0.161. The zero-order valence-electron chi connectivity index (χ0n) is 7.33. The average molecular weight is 246 g/mol. The molecule has 0 aromatic rings. The van der Waals surface area contributed by atoms with Crippen LogP contribution in [0.3, 0.4) is 0 Å². The maximum Gasteiger partial charge on any atom is 0.410 e. The first-order valence-corrected chi connectivity index (χ1v) is 5.75. The van der Waals surface area contributed by atoms with Crippen molar-refractivity contribution in [1.82, 2.24) is 4.90 Å². The largest absolute Gasteiger partial charge is 0.445 e. The number of ether oxygens (including phenoxy) is 1. The second kappa shape index (κ2) is 2.41. The third kappa shape index (κ3) is 0.925. The van der Waals surface area contributed by atoms with Gasteiger partial charge in [-0.25, -0.2) is 4.79 Å². The van der Waals surface area contributed by atoms with Gasteiger partial charge >= 0.3 is 6.09 Å². The summed E-state index contributed by atoms with van der Waals surface area (Å²) in [5.74, 6) is 0. The zero-order valence-corrected chi connectivity index (χ0v) is 8.92. The number of rotatable bonds is 0. The Balaban J connectivity index is 2.00. The van der Waals surface area contributed by atoms with E-state index in [1.165, 1.54) is 6.42 Å². The highest BCUT2D eigenvalue weighted by Gasteiger charge is 2.57. The molecule has 3 nitrogen and oxygen atoms in total. The lowest BCUT2D eigenvalue weighted by Gasteiger charge is -2.37. The average Bonchev–Trinajstić information content (AvgIpc) is 2.57. The molecule has 0 radical (unpaired) electrons. The van der Waals surface area contributed by atoms with Crippen molar-refractivity contribution >= 4 is 22.0 Å². The molecule has 13 heavy (non-hydrogen) atoms. The van der Waals surface area contributed by atoms with Crippen LogP contribution in [-0.4, -0.2) is 34.0 Å². The minimum absolute atomic E-state index is 0.0873. The maximum atomic E-state index is 11.6. The molecule has 3 atom stereocenters. The van der Waals surface area contributed by atoms with E-state index in [1.807, 2.05) is 4.90 Å². The molecule has 1 amide bonds. The summed E-state index contributed by atoms with van der Waals surface area (Å²) < 4.78 is 5.34. The third-order valence-corrected chi connectivity index (χ3v) is 4.54. The van der Waals surface area contributed by atoms with Gasteiger partial charge in [0.15, 0.2) is 0 Å². The number of halogens is 1. The molecule has 2 aliphatic heterocycles. The number of hydrogen-bond acceptors (Lipinski definition) is 2. The second-order valence-electron chi connectivity index (χ2n) is 4.33. The molecule has 1 spiro atoms. The number of carbonyl (C=O) groups is 1. The van der Waals surface area contributed by atoms with Crippen LogP contribution in [-0.2, 0) is 4.74 Å². The molecule has 3 aliphatic rings. The van der Waals surface area contributed by atoms with Gasteiger partial charge in [0, 0.05) is 13.0 Å². The van der Waals surface area contributed by atoms with E-state index in [2.05, 4.69) is 15.9 Å². The molecule has 0 aromatic heterocycles. The number of carbonyl (C=O) groups excluding carboxylic acids is 1. The van der Waals surface area contributed by atoms with Crippen molar-refractivity contribution in [3.05, 3.63) is 0 Å². The molecule has 0 aromatic carbocycles. The topological polar surface area (TPSA) is 29.5 Å². The van der Waals surface area contributed by atoms with Crippen LogP contribution < -0.4 is 0 Å². The van der Waals surface area contributed by atoms with Gasteiger partial charge in [0.2, 0.25) is 0 Å². The van der Waals surface area contributed by atoms with Crippen molar-refractivity contribution in [3.63, 3.8) is 0 Å². The quantitative estimate of drug-likeness (QED) is 0.611. The number of alkyl halides is 1. The van der Waals surface area contributed by atoms with Crippen molar-refractivity contribution in [3.8, 4) is 0 Å². The molecule has 1 aliphatic carbocycles. The predicted octanol–water partition coefficient (Wildman–Crippen LogP) is 1.90. The highest BCUT2D eigenvalue weighted by Crippen LogP contribution is 2.49. The summed E-state index contributed by atoms with van der Waals surface area (Å²) in [6.07, 6.45) is 4.46. The van der Waals surface area contributed by atoms with Crippen LogP contribution in [0.1, 0.15) is 25.7 Å². The van der Waals surface area contributed by atoms with Crippen molar-refractivity contribution < 1.29 is 9.53 Å². The van der Waals surface area contributed by atoms with Gasteiger partial charge in [-0.3, -0.25) is 0 Å². The Kier molecular flexibility index (Phi) is 1.50. The van der Waals surface area contributed by atoms with Gasteiger partial charge in [-0.1, -0.05) is 15.9 Å². The predicted molar refractivity (Wildman–Crippen MR) is 50.9 cm³/mol. The van der Waals surface area contributed by atoms with Gasteiger partial charge < -0.3 is 9.64 Å². The second-order valence-corrected chi connectivity index (χ2v) is 5.50. The van der Waals surface area contributed by atoms with E-state index in [0.717, 1.165) is 25.8 Å².